The Morgan fingerprint density at radius 2 is 1.87 bits per heavy atom. The van der Waals surface area contributed by atoms with Crippen molar-refractivity contribution >= 4 is 11.9 Å². The molecule has 0 spiro atoms. The van der Waals surface area contributed by atoms with Crippen LogP contribution in [-0.4, -0.2) is 30.6 Å². The maximum Gasteiger partial charge on any atom is 0.312 e. The molecule has 0 aliphatic rings. The summed E-state index contributed by atoms with van der Waals surface area (Å²) in [6.45, 7) is 7.40. The van der Waals surface area contributed by atoms with E-state index >= 15 is 0 Å². The molecular weight excluding hydrogens is 301 g/mol. The van der Waals surface area contributed by atoms with Gasteiger partial charge in [-0.1, -0.05) is 32.9 Å². The maximum atomic E-state index is 13.6. The molecule has 0 bridgehead atoms. The van der Waals surface area contributed by atoms with E-state index in [9.17, 15) is 14.0 Å². The predicted octanol–water partition coefficient (Wildman–Crippen LogP) is 1.79. The van der Waals surface area contributed by atoms with E-state index in [2.05, 4.69) is 10.6 Å². The summed E-state index contributed by atoms with van der Waals surface area (Å²) in [6, 6.07) is 4.14. The van der Waals surface area contributed by atoms with Crippen molar-refractivity contribution < 1.29 is 18.7 Å². The first-order valence-electron chi connectivity index (χ1n) is 7.35. The van der Waals surface area contributed by atoms with Crippen LogP contribution in [0.1, 0.15) is 27.7 Å². The van der Waals surface area contributed by atoms with Gasteiger partial charge in [-0.25, -0.2) is 9.18 Å². The highest BCUT2D eigenvalue weighted by atomic mass is 19.1. The molecule has 1 aromatic rings. The van der Waals surface area contributed by atoms with Gasteiger partial charge in [-0.15, -0.1) is 0 Å². The third-order valence-electron chi connectivity index (χ3n) is 3.36. The van der Waals surface area contributed by atoms with Crippen molar-refractivity contribution in [2.45, 2.75) is 39.8 Å². The fourth-order valence-corrected chi connectivity index (χ4v) is 1.82. The fourth-order valence-electron chi connectivity index (χ4n) is 1.82. The van der Waals surface area contributed by atoms with Gasteiger partial charge in [-0.3, -0.25) is 4.79 Å². The molecule has 4 N–H and O–H groups in total. The van der Waals surface area contributed by atoms with Crippen LogP contribution in [0.25, 0.3) is 0 Å². The van der Waals surface area contributed by atoms with Gasteiger partial charge in [-0.05, 0) is 24.5 Å². The van der Waals surface area contributed by atoms with E-state index in [1.165, 1.54) is 19.1 Å². The van der Waals surface area contributed by atoms with Gasteiger partial charge >= 0.3 is 6.03 Å². The van der Waals surface area contributed by atoms with Crippen molar-refractivity contribution in [1.82, 2.24) is 10.6 Å². The van der Waals surface area contributed by atoms with Crippen molar-refractivity contribution in [3.8, 4) is 5.75 Å². The van der Waals surface area contributed by atoms with E-state index < -0.39 is 17.9 Å². The second-order valence-electron chi connectivity index (χ2n) is 6.40. The Kier molecular flexibility index (Phi) is 6.36. The van der Waals surface area contributed by atoms with Crippen molar-refractivity contribution in [1.29, 1.82) is 0 Å². The van der Waals surface area contributed by atoms with Gasteiger partial charge in [-0.2, -0.15) is 0 Å². The number of halogens is 1. The van der Waals surface area contributed by atoms with Crippen molar-refractivity contribution in [3.63, 3.8) is 0 Å². The summed E-state index contributed by atoms with van der Waals surface area (Å²) in [5.74, 6) is -0.726. The highest BCUT2D eigenvalue weighted by Crippen LogP contribution is 2.22. The van der Waals surface area contributed by atoms with E-state index in [1.54, 1.807) is 12.1 Å². The molecule has 1 aromatic carbocycles. The molecule has 2 atom stereocenters. The van der Waals surface area contributed by atoms with Gasteiger partial charge < -0.3 is 21.1 Å². The number of ether oxygens (including phenoxy) is 1. The molecule has 0 saturated carbocycles. The Labute approximate surface area is 135 Å². The highest BCUT2D eigenvalue weighted by molar-refractivity contribution is 5.86. The van der Waals surface area contributed by atoms with E-state index in [-0.39, 0.29) is 29.7 Å². The number of nitrogens with two attached hydrogens (primary N) is 1. The molecule has 0 aliphatic heterocycles. The predicted molar refractivity (Wildman–Crippen MR) is 85.5 cm³/mol. The molecule has 23 heavy (non-hydrogen) atoms. The Bertz CT molecular complexity index is 558. The molecule has 0 fully saturated rings. The summed E-state index contributed by atoms with van der Waals surface area (Å²) < 4.78 is 19.1. The average molecular weight is 325 g/mol. The third-order valence-corrected chi connectivity index (χ3v) is 3.36. The maximum absolute atomic E-state index is 13.6. The van der Waals surface area contributed by atoms with Gasteiger partial charge in [0.05, 0.1) is 6.04 Å². The number of carbonyl (C=O) groups is 2. The van der Waals surface area contributed by atoms with E-state index in [4.69, 9.17) is 10.5 Å². The summed E-state index contributed by atoms with van der Waals surface area (Å²) in [4.78, 5) is 22.9. The first-order valence-corrected chi connectivity index (χ1v) is 7.35. The number of nitrogens with one attached hydrogen (secondary N) is 2. The Morgan fingerprint density at radius 3 is 2.39 bits per heavy atom. The number of amides is 3. The van der Waals surface area contributed by atoms with Gasteiger partial charge in [0.1, 0.15) is 12.6 Å². The zero-order chi connectivity index (χ0) is 17.6. The number of rotatable bonds is 6. The van der Waals surface area contributed by atoms with Crippen LogP contribution < -0.4 is 21.1 Å². The lowest BCUT2D eigenvalue weighted by Crippen LogP contribution is -2.54. The van der Waals surface area contributed by atoms with Gasteiger partial charge in [0, 0.05) is 0 Å². The lowest BCUT2D eigenvalue weighted by molar-refractivity contribution is -0.124. The fraction of sp³-hybridized carbons (Fsp3) is 0.500. The molecule has 128 valence electrons. The lowest BCUT2D eigenvalue weighted by Gasteiger charge is -2.32. The van der Waals surface area contributed by atoms with Crippen LogP contribution >= 0.6 is 0 Å². The molecule has 1 rings (SSSR count). The molecule has 0 saturated heterocycles. The van der Waals surface area contributed by atoms with Crippen molar-refractivity contribution in [2.24, 2.45) is 11.1 Å². The van der Waals surface area contributed by atoms with Gasteiger partial charge in [0.25, 0.3) is 0 Å². The Morgan fingerprint density at radius 1 is 1.26 bits per heavy atom. The second kappa shape index (κ2) is 7.80. The van der Waals surface area contributed by atoms with Gasteiger partial charge in [0.2, 0.25) is 5.91 Å². The first-order chi connectivity index (χ1) is 10.6. The average Bonchev–Trinajstić information content (AvgIpc) is 2.42. The lowest BCUT2D eigenvalue weighted by atomic mass is 9.87. The number of carbonyl (C=O) groups excluding carboxylic acids is 2. The molecule has 2 unspecified atom stereocenters. The number of hydrogen-bond acceptors (Lipinski definition) is 3. The van der Waals surface area contributed by atoms with Crippen LogP contribution in [0.5, 0.6) is 5.75 Å². The Balaban J connectivity index is 2.72. The van der Waals surface area contributed by atoms with E-state index in [1.807, 2.05) is 20.8 Å². The van der Waals surface area contributed by atoms with Crippen molar-refractivity contribution in [3.05, 3.63) is 30.1 Å². The summed E-state index contributed by atoms with van der Waals surface area (Å²) in [7, 11) is 0. The van der Waals surface area contributed by atoms with E-state index in [0.29, 0.717) is 0 Å². The second-order valence-corrected chi connectivity index (χ2v) is 6.40. The molecule has 3 amide bonds. The number of benzene rings is 1. The molecule has 0 heterocycles. The molecular formula is C16H24FN3O3. The zero-order valence-electron chi connectivity index (χ0n) is 13.9. The minimum atomic E-state index is -0.775. The van der Waals surface area contributed by atoms with Crippen LogP contribution in [0.4, 0.5) is 9.18 Å². The van der Waals surface area contributed by atoms with Crippen LogP contribution in [0, 0.1) is 11.2 Å². The zero-order valence-corrected chi connectivity index (χ0v) is 13.9. The largest absolute Gasteiger partial charge is 0.488 e. The number of urea groups is 1. The molecule has 7 heteroatoms. The van der Waals surface area contributed by atoms with Crippen LogP contribution in [0.15, 0.2) is 24.3 Å². The highest BCUT2D eigenvalue weighted by Gasteiger charge is 2.29. The van der Waals surface area contributed by atoms with E-state index in [0.717, 1.165) is 0 Å². The Hall–Kier alpha value is -2.31. The third kappa shape index (κ3) is 6.14. The monoisotopic (exact) mass is 325 g/mol. The van der Waals surface area contributed by atoms with Crippen molar-refractivity contribution in [2.75, 3.05) is 6.61 Å². The summed E-state index contributed by atoms with van der Waals surface area (Å²) >= 11 is 0. The summed E-state index contributed by atoms with van der Waals surface area (Å²) in [6.07, 6.45) is 0. The standard InChI is InChI=1S/C16H24FN3O3/c1-10(19-15(18)22)14(21)20-13(16(2,3)4)9-23-12-8-6-5-7-11(12)17/h5-8,10,13H,9H2,1-4H3,(H,20,21)(H3,18,19,22). The molecule has 6 nitrogen and oxygen atoms in total. The normalized spacial score (nSPS) is 13.8. The smallest absolute Gasteiger partial charge is 0.312 e. The van der Waals surface area contributed by atoms with Crippen LogP contribution in [-0.2, 0) is 4.79 Å². The topological polar surface area (TPSA) is 93.5 Å². The molecule has 0 aromatic heterocycles. The summed E-state index contributed by atoms with van der Waals surface area (Å²) in [5.41, 5.74) is 4.68. The number of primary amides is 1. The first kappa shape index (κ1) is 18.7. The van der Waals surface area contributed by atoms with Crippen LogP contribution in [0.3, 0.4) is 0 Å². The number of para-hydroxylation sites is 1. The minimum Gasteiger partial charge on any atom is -0.488 e. The quantitative estimate of drug-likeness (QED) is 0.744. The van der Waals surface area contributed by atoms with Crippen LogP contribution in [0.2, 0.25) is 0 Å². The summed E-state index contributed by atoms with van der Waals surface area (Å²) in [5, 5.41) is 5.10. The molecule has 0 aliphatic carbocycles. The van der Waals surface area contributed by atoms with Gasteiger partial charge in [0.15, 0.2) is 11.6 Å². The SMILES string of the molecule is CC(NC(N)=O)C(=O)NC(COc1ccccc1F)C(C)(C)C. The molecule has 0 radical (unpaired) electrons. The number of hydrogen-bond donors (Lipinski definition) is 3. The minimum absolute atomic E-state index is 0.0967.